The van der Waals surface area contributed by atoms with Gasteiger partial charge in [0.15, 0.2) is 0 Å². The standard InChI is InChI=1S/C51H70N10O2/c1-7-54-39(5)38(4)40-20-21-43(33-52-6)48(32-40)62-30-15-11-9-8-10-14-27-55-44-22-23-47-41(31-44)25-28-56-49(47)46-19-13-12-17-42(46)34-57-50-60-51(63-45-18-16-26-53-35-45)58-36-61(50)59-29-24-37(2)3/h7,12-13,17,19-23,25,28-29,31-32,37,45,52-53,55H,8-11,14-16,18,24,26-27,30,33-36H2,1-6H3,(H,57,58,60)/b39-38+,54-7?,59-29-. The summed E-state index contributed by atoms with van der Waals surface area (Å²) >= 11 is 0. The van der Waals surface area contributed by atoms with Crippen molar-refractivity contribution in [3.63, 3.8) is 0 Å². The number of piperidine rings is 1. The summed E-state index contributed by atoms with van der Waals surface area (Å²) in [5.41, 5.74) is 8.75. The molecule has 63 heavy (non-hydrogen) atoms. The van der Waals surface area contributed by atoms with Crippen LogP contribution in [-0.2, 0) is 17.8 Å². The van der Waals surface area contributed by atoms with Gasteiger partial charge in [0, 0.05) is 66.2 Å². The molecule has 3 heterocycles. The Hall–Kier alpha value is -5.59. The third-order valence-corrected chi connectivity index (χ3v) is 11.5. The van der Waals surface area contributed by atoms with Gasteiger partial charge in [-0.15, -0.1) is 0 Å². The predicted molar refractivity (Wildman–Crippen MR) is 264 cm³/mol. The second-order valence-electron chi connectivity index (χ2n) is 16.9. The number of aromatic nitrogens is 1. The third kappa shape index (κ3) is 14.2. The van der Waals surface area contributed by atoms with Crippen LogP contribution in [0.2, 0.25) is 0 Å². The SMILES string of the molecule is CC=N/C(C)=C(\C)c1ccc(CNC)c(OCCCCCCCCNc2ccc3c(-c4ccccc4CN=C4NC(OC5CCCNC5)=NCN4/N=C\CC(C)C)nccc3c2)c1. The van der Waals surface area contributed by atoms with Crippen LogP contribution in [0.1, 0.15) is 109 Å². The highest BCUT2D eigenvalue weighted by Crippen LogP contribution is 2.32. The Morgan fingerprint density at radius 2 is 1.83 bits per heavy atom. The fraction of sp³-hybridized carbons (Fsp3) is 0.471. The molecule has 0 amide bonds. The number of amidine groups is 1. The molecule has 0 aliphatic carbocycles. The van der Waals surface area contributed by atoms with E-state index in [4.69, 9.17) is 24.6 Å². The Morgan fingerprint density at radius 1 is 0.984 bits per heavy atom. The van der Waals surface area contributed by atoms with Gasteiger partial charge in [0.05, 0.1) is 18.8 Å². The van der Waals surface area contributed by atoms with E-state index in [0.29, 0.717) is 31.1 Å². The Balaban J connectivity index is 0.989. The number of nitrogens with one attached hydrogen (secondary N) is 4. The molecule has 1 atom stereocenters. The van der Waals surface area contributed by atoms with Crippen molar-refractivity contribution in [1.29, 1.82) is 0 Å². The number of nitrogens with zero attached hydrogens (tertiary/aromatic N) is 6. The summed E-state index contributed by atoms with van der Waals surface area (Å²) in [5, 5.41) is 22.5. The van der Waals surface area contributed by atoms with Gasteiger partial charge in [0.25, 0.3) is 6.02 Å². The number of benzene rings is 3. The number of hydrazone groups is 1. The van der Waals surface area contributed by atoms with Crippen molar-refractivity contribution in [2.75, 3.05) is 45.3 Å². The molecular formula is C51H70N10O2. The monoisotopic (exact) mass is 855 g/mol. The summed E-state index contributed by atoms with van der Waals surface area (Å²) in [6, 6.07) is 24.1. The molecule has 0 radical (unpaired) electrons. The normalized spacial score (nSPS) is 16.8. The molecule has 2 aliphatic heterocycles. The van der Waals surface area contributed by atoms with Crippen LogP contribution in [-0.4, -0.2) is 80.5 Å². The van der Waals surface area contributed by atoms with Crippen molar-refractivity contribution in [3.05, 3.63) is 95.3 Å². The van der Waals surface area contributed by atoms with Crippen molar-refractivity contribution in [3.8, 4) is 17.0 Å². The van der Waals surface area contributed by atoms with E-state index in [1.54, 1.807) is 0 Å². The second-order valence-corrected chi connectivity index (χ2v) is 16.9. The first kappa shape index (κ1) is 46.9. The summed E-state index contributed by atoms with van der Waals surface area (Å²) < 4.78 is 12.6. The molecule has 1 saturated heterocycles. The quantitative estimate of drug-likeness (QED) is 0.0454. The number of pyridine rings is 1. The summed E-state index contributed by atoms with van der Waals surface area (Å²) in [7, 11) is 1.97. The fourth-order valence-electron chi connectivity index (χ4n) is 7.77. The van der Waals surface area contributed by atoms with Gasteiger partial charge in [-0.2, -0.15) is 5.10 Å². The minimum atomic E-state index is 0.0837. The number of hydrogen-bond donors (Lipinski definition) is 4. The highest BCUT2D eigenvalue weighted by molar-refractivity contribution is 5.98. The number of fused-ring (bicyclic) bond motifs is 1. The lowest BCUT2D eigenvalue weighted by atomic mass is 9.99. The molecule has 3 aromatic carbocycles. The van der Waals surface area contributed by atoms with E-state index in [-0.39, 0.29) is 6.10 Å². The summed E-state index contributed by atoms with van der Waals surface area (Å²) in [4.78, 5) is 19.1. The maximum absolute atomic E-state index is 6.32. The number of guanidine groups is 1. The van der Waals surface area contributed by atoms with Gasteiger partial charge in [0.1, 0.15) is 18.5 Å². The van der Waals surface area contributed by atoms with Gasteiger partial charge in [0.2, 0.25) is 5.96 Å². The highest BCUT2D eigenvalue weighted by atomic mass is 16.5. The number of hydrogen-bond acceptors (Lipinski definition) is 10. The van der Waals surface area contributed by atoms with Crippen LogP contribution < -0.4 is 26.0 Å². The van der Waals surface area contributed by atoms with E-state index in [0.717, 1.165) is 115 Å². The van der Waals surface area contributed by atoms with Crippen LogP contribution in [0.5, 0.6) is 5.75 Å². The molecule has 0 saturated carbocycles. The van der Waals surface area contributed by atoms with Crippen LogP contribution in [0.25, 0.3) is 27.6 Å². The van der Waals surface area contributed by atoms with Gasteiger partial charge in [-0.1, -0.05) is 82.0 Å². The van der Waals surface area contributed by atoms with E-state index >= 15 is 0 Å². The average molecular weight is 855 g/mol. The van der Waals surface area contributed by atoms with E-state index in [1.807, 2.05) is 37.6 Å². The number of anilines is 1. The molecule has 1 unspecified atom stereocenters. The molecule has 1 fully saturated rings. The maximum atomic E-state index is 6.32. The summed E-state index contributed by atoms with van der Waals surface area (Å²) in [6.07, 6.45) is 15.7. The van der Waals surface area contributed by atoms with Gasteiger partial charge in [-0.3, -0.25) is 15.3 Å². The van der Waals surface area contributed by atoms with Gasteiger partial charge < -0.3 is 25.4 Å². The van der Waals surface area contributed by atoms with Crippen LogP contribution in [0.3, 0.4) is 0 Å². The topological polar surface area (TPSA) is 132 Å². The molecule has 4 aromatic rings. The van der Waals surface area contributed by atoms with Crippen molar-refractivity contribution in [2.24, 2.45) is 26.0 Å². The number of aliphatic imine (C=N–C) groups is 3. The minimum absolute atomic E-state index is 0.0837. The number of allylic oxidation sites excluding steroid dienone is 2. The van der Waals surface area contributed by atoms with E-state index in [2.05, 4.69) is 126 Å². The Kier molecular flexibility index (Phi) is 18.5. The highest BCUT2D eigenvalue weighted by Gasteiger charge is 2.23. The molecule has 1 aromatic heterocycles. The van der Waals surface area contributed by atoms with Crippen LogP contribution in [0.4, 0.5) is 5.69 Å². The molecule has 4 N–H and O–H groups in total. The molecule has 12 heteroatoms. The third-order valence-electron chi connectivity index (χ3n) is 11.5. The van der Waals surface area contributed by atoms with Crippen LogP contribution >= 0.6 is 0 Å². The molecule has 12 nitrogen and oxygen atoms in total. The maximum Gasteiger partial charge on any atom is 0.293 e. The van der Waals surface area contributed by atoms with Crippen molar-refractivity contribution >= 4 is 46.4 Å². The van der Waals surface area contributed by atoms with Gasteiger partial charge in [-0.25, -0.2) is 15.0 Å². The zero-order valence-corrected chi connectivity index (χ0v) is 38.6. The average Bonchev–Trinajstić information content (AvgIpc) is 3.30. The molecule has 336 valence electrons. The number of rotatable bonds is 22. The lowest BCUT2D eigenvalue weighted by Gasteiger charge is -2.29. The first-order chi connectivity index (χ1) is 30.8. The first-order valence-corrected chi connectivity index (χ1v) is 23.1. The van der Waals surface area contributed by atoms with Gasteiger partial charge >= 0.3 is 0 Å². The Labute approximate surface area is 375 Å². The van der Waals surface area contributed by atoms with E-state index in [1.165, 1.54) is 36.8 Å². The largest absolute Gasteiger partial charge is 0.493 e. The zero-order valence-electron chi connectivity index (χ0n) is 38.6. The lowest BCUT2D eigenvalue weighted by molar-refractivity contribution is 0.145. The number of ether oxygens (including phenoxy) is 2. The smallest absolute Gasteiger partial charge is 0.293 e. The minimum Gasteiger partial charge on any atom is -0.493 e. The molecular weight excluding hydrogens is 785 g/mol. The van der Waals surface area contributed by atoms with E-state index in [9.17, 15) is 0 Å². The first-order valence-electron chi connectivity index (χ1n) is 23.1. The second kappa shape index (κ2) is 24.9. The molecule has 6 rings (SSSR count). The van der Waals surface area contributed by atoms with Crippen LogP contribution in [0.15, 0.2) is 98.7 Å². The van der Waals surface area contributed by atoms with E-state index < -0.39 is 0 Å². The van der Waals surface area contributed by atoms with Crippen molar-refractivity contribution < 1.29 is 9.47 Å². The van der Waals surface area contributed by atoms with Gasteiger partial charge in [-0.05, 0) is 119 Å². The molecule has 2 aliphatic rings. The van der Waals surface area contributed by atoms with Crippen molar-refractivity contribution in [2.45, 2.75) is 112 Å². The van der Waals surface area contributed by atoms with Crippen molar-refractivity contribution in [1.82, 2.24) is 25.9 Å². The Bertz CT molecular complexity index is 2220. The van der Waals surface area contributed by atoms with Crippen LogP contribution in [0, 0.1) is 5.92 Å². The molecule has 0 bridgehead atoms. The Morgan fingerprint density at radius 3 is 2.63 bits per heavy atom. The summed E-state index contributed by atoms with van der Waals surface area (Å²) in [5.74, 6) is 2.10. The zero-order chi connectivity index (χ0) is 44.2. The number of unbranched alkanes of at least 4 members (excludes halogenated alkanes) is 5. The molecule has 0 spiro atoms. The fourth-order valence-corrected chi connectivity index (χ4v) is 7.77. The predicted octanol–water partition coefficient (Wildman–Crippen LogP) is 10.2. The lowest BCUT2D eigenvalue weighted by Crippen LogP contribution is -2.49. The summed E-state index contributed by atoms with van der Waals surface area (Å²) in [6.45, 7) is 15.6.